The van der Waals surface area contributed by atoms with Crippen LogP contribution in [0.3, 0.4) is 0 Å². The van der Waals surface area contributed by atoms with Crippen molar-refractivity contribution in [2.75, 3.05) is 6.61 Å². The molecule has 0 radical (unpaired) electrons. The van der Waals surface area contributed by atoms with Gasteiger partial charge in [0.2, 0.25) is 6.10 Å². The van der Waals surface area contributed by atoms with Crippen LogP contribution in [0.25, 0.3) is 0 Å². The molecule has 2 aliphatic heterocycles. The Hall–Kier alpha value is -3.12. The molecule has 0 N–H and O–H groups in total. The van der Waals surface area contributed by atoms with Crippen molar-refractivity contribution >= 4 is 27.5 Å². The minimum Gasteiger partial charge on any atom is -0.485 e. The average Bonchev–Trinajstić information content (AvgIpc) is 3.25. The zero-order valence-electron chi connectivity index (χ0n) is 16.1. The molecule has 150 valence electrons. The molecule has 5 rings (SSSR count). The summed E-state index contributed by atoms with van der Waals surface area (Å²) >= 11 is 3.47. The minimum absolute atomic E-state index is 0.164. The van der Waals surface area contributed by atoms with Crippen molar-refractivity contribution in [1.82, 2.24) is 5.01 Å². The number of fused-ring (bicyclic) bond motifs is 1. The molecule has 0 aromatic heterocycles. The molecule has 1 amide bonds. The first-order valence-corrected chi connectivity index (χ1v) is 10.6. The predicted octanol–water partition coefficient (Wildman–Crippen LogP) is 4.97. The standard InChI is InChI=1S/C24H19BrN2O3/c25-18-12-10-16(11-13-18)19-14-20(17-6-2-1-3-7-17)27(26-19)24(28)23-15-29-21-8-4-5-9-22(21)30-23/h1-13,20,23H,14-15H2. The van der Waals surface area contributed by atoms with Crippen molar-refractivity contribution in [1.29, 1.82) is 0 Å². The highest BCUT2D eigenvalue weighted by Crippen LogP contribution is 2.36. The van der Waals surface area contributed by atoms with Gasteiger partial charge in [-0.3, -0.25) is 4.79 Å². The van der Waals surface area contributed by atoms with Crippen molar-refractivity contribution in [3.63, 3.8) is 0 Å². The van der Waals surface area contributed by atoms with Crippen molar-refractivity contribution in [3.05, 3.63) is 94.5 Å². The van der Waals surface area contributed by atoms with E-state index in [0.29, 0.717) is 17.9 Å². The lowest BCUT2D eigenvalue weighted by Gasteiger charge is -2.30. The number of nitrogens with zero attached hydrogens (tertiary/aromatic N) is 2. The van der Waals surface area contributed by atoms with E-state index in [1.54, 1.807) is 5.01 Å². The molecule has 0 fully saturated rings. The molecular formula is C24H19BrN2O3. The number of hydrogen-bond acceptors (Lipinski definition) is 4. The Balaban J connectivity index is 1.46. The van der Waals surface area contributed by atoms with Crippen LogP contribution in [0.1, 0.15) is 23.6 Å². The molecular weight excluding hydrogens is 444 g/mol. The zero-order chi connectivity index (χ0) is 20.5. The SMILES string of the molecule is O=C(C1COc2ccccc2O1)N1N=C(c2ccc(Br)cc2)CC1c1ccccc1. The van der Waals surface area contributed by atoms with Gasteiger partial charge < -0.3 is 9.47 Å². The minimum atomic E-state index is -0.737. The second-order valence-corrected chi connectivity index (χ2v) is 8.15. The van der Waals surface area contributed by atoms with Gasteiger partial charge in [0.05, 0.1) is 11.8 Å². The van der Waals surface area contributed by atoms with Crippen LogP contribution in [0.15, 0.2) is 88.4 Å². The van der Waals surface area contributed by atoms with Crippen LogP contribution in [0, 0.1) is 0 Å². The van der Waals surface area contributed by atoms with Gasteiger partial charge in [0, 0.05) is 10.9 Å². The molecule has 3 aromatic rings. The van der Waals surface area contributed by atoms with Crippen LogP contribution < -0.4 is 9.47 Å². The number of amides is 1. The second kappa shape index (κ2) is 7.95. The summed E-state index contributed by atoms with van der Waals surface area (Å²) in [5.74, 6) is 1.03. The highest BCUT2D eigenvalue weighted by Gasteiger charge is 2.39. The largest absolute Gasteiger partial charge is 0.485 e. The summed E-state index contributed by atoms with van der Waals surface area (Å²) in [7, 11) is 0. The van der Waals surface area contributed by atoms with Gasteiger partial charge in [0.1, 0.15) is 6.61 Å². The number of hydrazone groups is 1. The molecule has 0 spiro atoms. The van der Waals surface area contributed by atoms with Crippen LogP contribution in [0.2, 0.25) is 0 Å². The molecule has 2 heterocycles. The third-order valence-electron chi connectivity index (χ3n) is 5.28. The molecule has 5 nitrogen and oxygen atoms in total. The molecule has 0 bridgehead atoms. The summed E-state index contributed by atoms with van der Waals surface area (Å²) in [6.07, 6.45) is -0.0965. The van der Waals surface area contributed by atoms with Gasteiger partial charge in [-0.25, -0.2) is 5.01 Å². The number of halogens is 1. The lowest BCUT2D eigenvalue weighted by Crippen LogP contribution is -2.44. The Labute approximate surface area is 183 Å². The van der Waals surface area contributed by atoms with E-state index in [1.807, 2.05) is 78.9 Å². The third kappa shape index (κ3) is 3.59. The van der Waals surface area contributed by atoms with Gasteiger partial charge in [-0.2, -0.15) is 5.10 Å². The highest BCUT2D eigenvalue weighted by molar-refractivity contribution is 9.10. The van der Waals surface area contributed by atoms with E-state index in [9.17, 15) is 4.79 Å². The number of hydrogen-bond donors (Lipinski definition) is 0. The lowest BCUT2D eigenvalue weighted by molar-refractivity contribution is -0.143. The molecule has 3 aromatic carbocycles. The van der Waals surface area contributed by atoms with Crippen LogP contribution >= 0.6 is 15.9 Å². The normalized spacial score (nSPS) is 20.0. The summed E-state index contributed by atoms with van der Waals surface area (Å²) in [6.45, 7) is 0.164. The van der Waals surface area contributed by atoms with E-state index in [4.69, 9.17) is 14.6 Å². The van der Waals surface area contributed by atoms with E-state index < -0.39 is 6.10 Å². The van der Waals surface area contributed by atoms with Crippen molar-refractivity contribution < 1.29 is 14.3 Å². The fourth-order valence-corrected chi connectivity index (χ4v) is 4.02. The quantitative estimate of drug-likeness (QED) is 0.552. The van der Waals surface area contributed by atoms with Crippen molar-refractivity contribution in [3.8, 4) is 11.5 Å². The second-order valence-electron chi connectivity index (χ2n) is 7.23. The summed E-state index contributed by atoms with van der Waals surface area (Å²) < 4.78 is 12.7. The zero-order valence-corrected chi connectivity index (χ0v) is 17.7. The van der Waals surface area contributed by atoms with Crippen molar-refractivity contribution in [2.24, 2.45) is 5.10 Å². The molecule has 0 aliphatic carbocycles. The first-order chi connectivity index (χ1) is 14.7. The Kier molecular flexibility index (Phi) is 5.01. The number of benzene rings is 3. The fourth-order valence-electron chi connectivity index (χ4n) is 3.75. The van der Waals surface area contributed by atoms with Crippen LogP contribution in [0.5, 0.6) is 11.5 Å². The summed E-state index contributed by atoms with van der Waals surface area (Å²) in [6, 6.07) is 25.2. The molecule has 0 saturated heterocycles. The summed E-state index contributed by atoms with van der Waals surface area (Å²) in [5.41, 5.74) is 2.92. The summed E-state index contributed by atoms with van der Waals surface area (Å²) in [4.78, 5) is 13.4. The average molecular weight is 463 g/mol. The maximum atomic E-state index is 13.4. The van der Waals surface area contributed by atoms with E-state index >= 15 is 0 Å². The van der Waals surface area contributed by atoms with Gasteiger partial charge in [-0.05, 0) is 35.4 Å². The number of ether oxygens (including phenoxy) is 2. The molecule has 2 aliphatic rings. The van der Waals surface area contributed by atoms with Crippen LogP contribution in [-0.4, -0.2) is 29.3 Å². The van der Waals surface area contributed by atoms with E-state index in [-0.39, 0.29) is 18.6 Å². The van der Waals surface area contributed by atoms with Crippen LogP contribution in [0.4, 0.5) is 0 Å². The van der Waals surface area contributed by atoms with Gasteiger partial charge >= 0.3 is 0 Å². The van der Waals surface area contributed by atoms with Crippen molar-refractivity contribution in [2.45, 2.75) is 18.6 Å². The lowest BCUT2D eigenvalue weighted by atomic mass is 9.98. The Bertz CT molecular complexity index is 1100. The van der Waals surface area contributed by atoms with Crippen LogP contribution in [-0.2, 0) is 4.79 Å². The van der Waals surface area contributed by atoms with Gasteiger partial charge in [0.25, 0.3) is 5.91 Å². The molecule has 2 unspecified atom stereocenters. The smallest absolute Gasteiger partial charge is 0.287 e. The first-order valence-electron chi connectivity index (χ1n) is 9.79. The molecule has 2 atom stereocenters. The van der Waals surface area contributed by atoms with Gasteiger partial charge in [0.15, 0.2) is 11.5 Å². The maximum Gasteiger partial charge on any atom is 0.287 e. The number of para-hydroxylation sites is 2. The van der Waals surface area contributed by atoms with E-state index in [1.165, 1.54) is 0 Å². The molecule has 0 saturated carbocycles. The van der Waals surface area contributed by atoms with Gasteiger partial charge in [-0.15, -0.1) is 0 Å². The first kappa shape index (κ1) is 18.9. The fraction of sp³-hybridized carbons (Fsp3) is 0.167. The predicted molar refractivity (Wildman–Crippen MR) is 118 cm³/mol. The van der Waals surface area contributed by atoms with Gasteiger partial charge in [-0.1, -0.05) is 70.5 Å². The number of rotatable bonds is 3. The number of carbonyl (C=O) groups is 1. The third-order valence-corrected chi connectivity index (χ3v) is 5.81. The monoisotopic (exact) mass is 462 g/mol. The Morgan fingerprint density at radius 1 is 0.933 bits per heavy atom. The highest BCUT2D eigenvalue weighted by atomic mass is 79.9. The number of carbonyl (C=O) groups excluding carboxylic acids is 1. The summed E-state index contributed by atoms with van der Waals surface area (Å²) in [5, 5.41) is 6.29. The van der Waals surface area contributed by atoms with E-state index in [0.717, 1.165) is 21.3 Å². The topological polar surface area (TPSA) is 51.1 Å². The molecule has 30 heavy (non-hydrogen) atoms. The van der Waals surface area contributed by atoms with E-state index in [2.05, 4.69) is 15.9 Å². The maximum absolute atomic E-state index is 13.4. The Morgan fingerprint density at radius 2 is 1.63 bits per heavy atom. The molecule has 6 heteroatoms. The Morgan fingerprint density at radius 3 is 2.40 bits per heavy atom.